The van der Waals surface area contributed by atoms with Crippen molar-refractivity contribution >= 4 is 12.4 Å². The first-order valence-electron chi connectivity index (χ1n) is 9.46. The van der Waals surface area contributed by atoms with Crippen LogP contribution < -0.4 is 15.2 Å². The van der Waals surface area contributed by atoms with Gasteiger partial charge >= 0.3 is 0 Å². The number of ether oxygens (including phenoxy) is 2. The van der Waals surface area contributed by atoms with Gasteiger partial charge in [0.2, 0.25) is 0 Å². The van der Waals surface area contributed by atoms with Crippen LogP contribution in [0.25, 0.3) is 0 Å². The Labute approximate surface area is 173 Å². The van der Waals surface area contributed by atoms with Crippen molar-refractivity contribution in [2.45, 2.75) is 39.0 Å². The molecule has 0 spiro atoms. The van der Waals surface area contributed by atoms with Crippen LogP contribution in [0.2, 0.25) is 0 Å². The monoisotopic (exact) mass is 397 g/mol. The molecule has 0 heterocycles. The molecule has 2 N–H and O–H groups in total. The maximum absolute atomic E-state index is 6.15. The van der Waals surface area contributed by atoms with Crippen molar-refractivity contribution in [1.29, 1.82) is 0 Å². The van der Waals surface area contributed by atoms with E-state index in [1.807, 2.05) is 42.5 Å². The van der Waals surface area contributed by atoms with Gasteiger partial charge in [0, 0.05) is 12.1 Å². The van der Waals surface area contributed by atoms with Crippen molar-refractivity contribution in [3.8, 4) is 11.5 Å². The maximum Gasteiger partial charge on any atom is 0.123 e. The number of nitrogens with two attached hydrogens (primary N) is 1. The molecule has 0 fully saturated rings. The van der Waals surface area contributed by atoms with Crippen LogP contribution in [-0.4, -0.2) is 6.04 Å². The zero-order valence-corrected chi connectivity index (χ0v) is 17.0. The van der Waals surface area contributed by atoms with Gasteiger partial charge in [0.1, 0.15) is 24.7 Å². The second-order valence-electron chi connectivity index (χ2n) is 6.73. The third-order valence-corrected chi connectivity index (χ3v) is 4.46. The fourth-order valence-electron chi connectivity index (χ4n) is 2.84. The number of hydrogen-bond donors (Lipinski definition) is 1. The highest BCUT2D eigenvalue weighted by Crippen LogP contribution is 2.25. The highest BCUT2D eigenvalue weighted by molar-refractivity contribution is 5.85. The summed E-state index contributed by atoms with van der Waals surface area (Å²) in [7, 11) is 0. The zero-order valence-electron chi connectivity index (χ0n) is 16.2. The van der Waals surface area contributed by atoms with Gasteiger partial charge in [-0.3, -0.25) is 0 Å². The fourth-order valence-corrected chi connectivity index (χ4v) is 2.84. The summed E-state index contributed by atoms with van der Waals surface area (Å²) < 4.78 is 12.0. The van der Waals surface area contributed by atoms with Gasteiger partial charge in [-0.05, 0) is 41.7 Å². The van der Waals surface area contributed by atoms with E-state index < -0.39 is 0 Å². The van der Waals surface area contributed by atoms with Gasteiger partial charge in [-0.15, -0.1) is 12.4 Å². The molecule has 148 valence electrons. The van der Waals surface area contributed by atoms with Crippen LogP contribution in [0.1, 0.15) is 30.0 Å². The van der Waals surface area contributed by atoms with E-state index in [1.165, 1.54) is 0 Å². The third-order valence-electron chi connectivity index (χ3n) is 4.46. The van der Waals surface area contributed by atoms with Gasteiger partial charge < -0.3 is 15.2 Å². The molecule has 28 heavy (non-hydrogen) atoms. The van der Waals surface area contributed by atoms with Crippen LogP contribution in [-0.2, 0) is 19.6 Å². The Hall–Kier alpha value is -2.49. The van der Waals surface area contributed by atoms with Crippen molar-refractivity contribution < 1.29 is 9.47 Å². The predicted octanol–water partition coefficient (Wildman–Crippen LogP) is 5.55. The van der Waals surface area contributed by atoms with Crippen molar-refractivity contribution in [2.75, 3.05) is 0 Å². The summed E-state index contributed by atoms with van der Waals surface area (Å²) in [6.07, 6.45) is 1.75. The number of rotatable bonds is 9. The molecule has 0 saturated carbocycles. The summed E-state index contributed by atoms with van der Waals surface area (Å²) in [5.74, 6) is 1.62. The van der Waals surface area contributed by atoms with E-state index in [-0.39, 0.29) is 18.4 Å². The molecule has 3 nitrogen and oxygen atoms in total. The van der Waals surface area contributed by atoms with E-state index >= 15 is 0 Å². The molecule has 1 unspecified atom stereocenters. The third kappa shape index (κ3) is 6.91. The Morgan fingerprint density at radius 3 is 1.61 bits per heavy atom. The molecule has 0 aliphatic carbocycles. The van der Waals surface area contributed by atoms with E-state index in [4.69, 9.17) is 15.2 Å². The van der Waals surface area contributed by atoms with Crippen LogP contribution in [0.5, 0.6) is 11.5 Å². The Balaban J connectivity index is 0.00000280. The van der Waals surface area contributed by atoms with Gasteiger partial charge in [-0.2, -0.15) is 0 Å². The van der Waals surface area contributed by atoms with E-state index in [2.05, 4.69) is 43.3 Å². The predicted molar refractivity (Wildman–Crippen MR) is 117 cm³/mol. The fraction of sp³-hybridized carbons (Fsp3) is 0.250. The quantitative estimate of drug-likeness (QED) is 0.515. The summed E-state index contributed by atoms with van der Waals surface area (Å²) in [4.78, 5) is 0. The van der Waals surface area contributed by atoms with Gasteiger partial charge in [0.05, 0.1) is 0 Å². The average Bonchev–Trinajstić information content (AvgIpc) is 2.72. The minimum absolute atomic E-state index is 0. The molecule has 3 aromatic rings. The molecule has 1 atom stereocenters. The number of hydrogen-bond acceptors (Lipinski definition) is 3. The SMILES string of the molecule is CCC(N)Cc1cc(OCc2ccccc2)cc(OCc2ccccc2)c1.Cl. The Kier molecular flexibility index (Phi) is 8.86. The molecular formula is C24H28ClNO2. The van der Waals surface area contributed by atoms with E-state index in [1.54, 1.807) is 0 Å². The number of halogens is 1. The minimum atomic E-state index is 0. The Bertz CT molecular complexity index is 763. The van der Waals surface area contributed by atoms with Gasteiger partial charge in [-0.1, -0.05) is 67.6 Å². The first-order chi connectivity index (χ1) is 13.2. The normalized spacial score (nSPS) is 11.4. The summed E-state index contributed by atoms with van der Waals surface area (Å²) >= 11 is 0. The molecule has 0 aliphatic heterocycles. The molecule has 3 rings (SSSR count). The van der Waals surface area contributed by atoms with Gasteiger partial charge in [-0.25, -0.2) is 0 Å². The van der Waals surface area contributed by atoms with Crippen LogP contribution in [0, 0.1) is 0 Å². The van der Waals surface area contributed by atoms with Gasteiger partial charge in [0.15, 0.2) is 0 Å². The molecule has 4 heteroatoms. The van der Waals surface area contributed by atoms with Crippen molar-refractivity contribution in [2.24, 2.45) is 5.73 Å². The standard InChI is InChI=1S/C24H27NO2.ClH/c1-2-22(25)13-21-14-23(26-17-19-9-5-3-6-10-19)16-24(15-21)27-18-20-11-7-4-8-12-20;/h3-12,14-16,22H,2,13,17-18,25H2,1H3;1H. The van der Waals surface area contributed by atoms with Crippen molar-refractivity contribution in [3.63, 3.8) is 0 Å². The molecule has 3 aromatic carbocycles. The lowest BCUT2D eigenvalue weighted by molar-refractivity contribution is 0.289. The van der Waals surface area contributed by atoms with Crippen molar-refractivity contribution in [1.82, 2.24) is 0 Å². The summed E-state index contributed by atoms with van der Waals surface area (Å²) in [5.41, 5.74) is 9.57. The lowest BCUT2D eigenvalue weighted by atomic mass is 10.0. The van der Waals surface area contributed by atoms with E-state index in [0.29, 0.717) is 13.2 Å². The van der Waals surface area contributed by atoms with Crippen LogP contribution in [0.3, 0.4) is 0 Å². The molecule has 0 aromatic heterocycles. The first kappa shape index (κ1) is 21.8. The summed E-state index contributed by atoms with van der Waals surface area (Å²) in [6.45, 7) is 3.16. The van der Waals surface area contributed by atoms with Gasteiger partial charge in [0.25, 0.3) is 0 Å². The Morgan fingerprint density at radius 1 is 0.714 bits per heavy atom. The summed E-state index contributed by atoms with van der Waals surface area (Å²) in [5, 5.41) is 0. The lowest BCUT2D eigenvalue weighted by Crippen LogP contribution is -2.21. The van der Waals surface area contributed by atoms with Crippen LogP contribution >= 0.6 is 12.4 Å². The molecule has 0 aliphatic rings. The van der Waals surface area contributed by atoms with E-state index in [0.717, 1.165) is 41.0 Å². The second-order valence-corrected chi connectivity index (χ2v) is 6.73. The largest absolute Gasteiger partial charge is 0.489 e. The zero-order chi connectivity index (χ0) is 18.9. The maximum atomic E-state index is 6.15. The smallest absolute Gasteiger partial charge is 0.123 e. The molecule has 0 radical (unpaired) electrons. The Morgan fingerprint density at radius 2 is 1.18 bits per heavy atom. The van der Waals surface area contributed by atoms with Crippen molar-refractivity contribution in [3.05, 3.63) is 95.6 Å². The average molecular weight is 398 g/mol. The molecule has 0 saturated heterocycles. The first-order valence-corrected chi connectivity index (χ1v) is 9.46. The lowest BCUT2D eigenvalue weighted by Gasteiger charge is -2.14. The van der Waals surface area contributed by atoms with Crippen LogP contribution in [0.15, 0.2) is 78.9 Å². The highest BCUT2D eigenvalue weighted by Gasteiger charge is 2.08. The number of benzene rings is 3. The molecular weight excluding hydrogens is 370 g/mol. The minimum Gasteiger partial charge on any atom is -0.489 e. The molecule has 0 bridgehead atoms. The highest BCUT2D eigenvalue weighted by atomic mass is 35.5. The molecule has 0 amide bonds. The topological polar surface area (TPSA) is 44.5 Å². The summed E-state index contributed by atoms with van der Waals surface area (Å²) in [6, 6.07) is 26.5. The van der Waals surface area contributed by atoms with Crippen LogP contribution in [0.4, 0.5) is 0 Å². The second kappa shape index (κ2) is 11.4. The van der Waals surface area contributed by atoms with E-state index in [9.17, 15) is 0 Å².